The first kappa shape index (κ1) is 18.9. The van der Waals surface area contributed by atoms with E-state index in [1.54, 1.807) is 31.3 Å². The molecule has 0 aliphatic carbocycles. The van der Waals surface area contributed by atoms with Gasteiger partial charge in [0, 0.05) is 36.0 Å². The van der Waals surface area contributed by atoms with E-state index in [9.17, 15) is 0 Å². The molecule has 0 bridgehead atoms. The average Bonchev–Trinajstić information content (AvgIpc) is 3.43. The summed E-state index contributed by atoms with van der Waals surface area (Å²) in [5.74, 6) is 1.81. The fourth-order valence-electron chi connectivity index (χ4n) is 3.13. The first-order valence-corrected chi connectivity index (χ1v) is 10.3. The maximum Gasteiger partial charge on any atom is 0.231 e. The molecule has 0 aliphatic rings. The molecule has 4 aromatic heterocycles. The number of methoxy groups -OCH3 is 1. The van der Waals surface area contributed by atoms with Gasteiger partial charge in [-0.25, -0.2) is 9.97 Å². The topological polar surface area (TPSA) is 103 Å². The van der Waals surface area contributed by atoms with Crippen molar-refractivity contribution in [3.05, 3.63) is 66.5 Å². The highest BCUT2D eigenvalue weighted by atomic mass is 32.1. The van der Waals surface area contributed by atoms with Crippen LogP contribution in [0.1, 0.15) is 5.69 Å². The normalized spacial score (nSPS) is 10.9. The number of hydrogen-bond acceptors (Lipinski definition) is 9. The van der Waals surface area contributed by atoms with Crippen LogP contribution in [0.15, 0.2) is 60.8 Å². The molecule has 5 rings (SSSR count). The van der Waals surface area contributed by atoms with Crippen LogP contribution in [0.4, 0.5) is 23.1 Å². The monoisotopic (exact) mass is 430 g/mol. The number of nitrogens with one attached hydrogen (secondary N) is 2. The van der Waals surface area contributed by atoms with Gasteiger partial charge in [0.15, 0.2) is 11.5 Å². The summed E-state index contributed by atoms with van der Waals surface area (Å²) < 4.78 is 8.39. The second-order valence-corrected chi connectivity index (χ2v) is 7.55. The second kappa shape index (κ2) is 8.00. The lowest BCUT2D eigenvalue weighted by Gasteiger charge is -2.13. The van der Waals surface area contributed by atoms with Gasteiger partial charge in [-0.3, -0.25) is 4.98 Å². The summed E-state index contributed by atoms with van der Waals surface area (Å²) >= 11 is 1.49. The Morgan fingerprint density at radius 3 is 2.65 bits per heavy atom. The van der Waals surface area contributed by atoms with Gasteiger partial charge in [-0.15, -0.1) is 11.3 Å². The summed E-state index contributed by atoms with van der Waals surface area (Å²) in [5.41, 5.74) is 5.88. The lowest BCUT2D eigenvalue weighted by Crippen LogP contribution is -2.03. The number of fused-ring (bicyclic) bond motifs is 1. The Hall–Kier alpha value is -4.05. The molecule has 9 nitrogen and oxygen atoms in total. The number of imidazole rings is 1. The van der Waals surface area contributed by atoms with Gasteiger partial charge >= 0.3 is 0 Å². The largest absolute Gasteiger partial charge is 0.494 e. The molecule has 0 amide bonds. The van der Waals surface area contributed by atoms with E-state index in [4.69, 9.17) is 4.74 Å². The smallest absolute Gasteiger partial charge is 0.231 e. The molecule has 5 aromatic rings. The molecule has 0 fully saturated rings. The van der Waals surface area contributed by atoms with Crippen molar-refractivity contribution in [1.29, 1.82) is 0 Å². The van der Waals surface area contributed by atoms with Gasteiger partial charge < -0.3 is 19.9 Å². The maximum absolute atomic E-state index is 5.59. The van der Waals surface area contributed by atoms with Crippen LogP contribution < -0.4 is 15.4 Å². The molecule has 0 radical (unpaired) electrons. The van der Waals surface area contributed by atoms with Crippen molar-refractivity contribution in [2.75, 3.05) is 17.7 Å². The highest BCUT2D eigenvalue weighted by Crippen LogP contribution is 2.31. The third-order valence-corrected chi connectivity index (χ3v) is 5.38. The van der Waals surface area contributed by atoms with Crippen LogP contribution in [-0.4, -0.2) is 36.6 Å². The second-order valence-electron chi connectivity index (χ2n) is 6.70. The number of aryl methyl sites for hydroxylation is 1. The van der Waals surface area contributed by atoms with E-state index in [2.05, 4.69) is 35.6 Å². The fourth-order valence-corrected chi connectivity index (χ4v) is 3.80. The first-order chi connectivity index (χ1) is 15.2. The maximum atomic E-state index is 5.59. The van der Waals surface area contributed by atoms with Gasteiger partial charge in [0.1, 0.15) is 10.4 Å². The zero-order valence-corrected chi connectivity index (χ0v) is 17.6. The van der Waals surface area contributed by atoms with Crippen LogP contribution in [0, 0.1) is 6.92 Å². The third-order valence-electron chi connectivity index (χ3n) is 4.56. The van der Waals surface area contributed by atoms with Gasteiger partial charge in [-0.05, 0) is 31.2 Å². The number of anilines is 4. The number of benzene rings is 1. The van der Waals surface area contributed by atoms with Gasteiger partial charge in [0.25, 0.3) is 0 Å². The van der Waals surface area contributed by atoms with Crippen LogP contribution in [0.3, 0.4) is 0 Å². The van der Waals surface area contributed by atoms with Gasteiger partial charge in [0.2, 0.25) is 5.95 Å². The summed E-state index contributed by atoms with van der Waals surface area (Å²) in [6, 6.07) is 9.56. The standard InChI is InChI=1S/C21H18N8OS/c1-13-10-29(11-23-13)16-4-3-15(9-17(16)30-2)26-21-27-19-18(31-12-24-19)20(28-21)25-14-5-7-22-8-6-14/h3-12H,1-2H3,(H2,22,25,26,27,28). The minimum Gasteiger partial charge on any atom is -0.494 e. The van der Waals surface area contributed by atoms with Crippen LogP contribution in [0.2, 0.25) is 0 Å². The molecular weight excluding hydrogens is 412 g/mol. The Morgan fingerprint density at radius 2 is 1.87 bits per heavy atom. The van der Waals surface area contributed by atoms with E-state index < -0.39 is 0 Å². The van der Waals surface area contributed by atoms with Crippen molar-refractivity contribution in [3.8, 4) is 11.4 Å². The summed E-state index contributed by atoms with van der Waals surface area (Å²) in [6.07, 6.45) is 7.15. The molecule has 4 heterocycles. The van der Waals surface area contributed by atoms with Crippen molar-refractivity contribution in [1.82, 2.24) is 29.5 Å². The molecule has 0 spiro atoms. The molecule has 0 saturated carbocycles. The Balaban J connectivity index is 1.47. The Kier molecular flexibility index (Phi) is 4.89. The van der Waals surface area contributed by atoms with Gasteiger partial charge in [-0.1, -0.05) is 0 Å². The lowest BCUT2D eigenvalue weighted by molar-refractivity contribution is 0.413. The molecule has 0 unspecified atom stereocenters. The Labute approximate surface area is 181 Å². The van der Waals surface area contributed by atoms with E-state index in [0.29, 0.717) is 23.2 Å². The van der Waals surface area contributed by atoms with Crippen LogP contribution in [0.25, 0.3) is 16.0 Å². The quantitative estimate of drug-likeness (QED) is 0.407. The van der Waals surface area contributed by atoms with E-state index in [1.165, 1.54) is 11.3 Å². The number of rotatable bonds is 6. The molecule has 154 valence electrons. The predicted molar refractivity (Wildman–Crippen MR) is 121 cm³/mol. The van der Waals surface area contributed by atoms with E-state index in [0.717, 1.165) is 27.5 Å². The number of aromatic nitrogens is 6. The molecule has 0 saturated heterocycles. The zero-order chi connectivity index (χ0) is 21.2. The van der Waals surface area contributed by atoms with Crippen molar-refractivity contribution in [2.45, 2.75) is 6.92 Å². The SMILES string of the molecule is COc1cc(Nc2nc(Nc3ccncc3)c3scnc3n2)ccc1-n1cnc(C)c1. The molecule has 31 heavy (non-hydrogen) atoms. The van der Waals surface area contributed by atoms with Gasteiger partial charge in [0.05, 0.1) is 30.3 Å². The minimum absolute atomic E-state index is 0.434. The minimum atomic E-state index is 0.434. The molecule has 0 aliphatic heterocycles. The number of pyridine rings is 1. The average molecular weight is 430 g/mol. The summed E-state index contributed by atoms with van der Waals surface area (Å²) in [4.78, 5) is 21.9. The fraction of sp³-hybridized carbons (Fsp3) is 0.0952. The van der Waals surface area contributed by atoms with Crippen LogP contribution >= 0.6 is 11.3 Å². The van der Waals surface area contributed by atoms with Crippen molar-refractivity contribution in [3.63, 3.8) is 0 Å². The van der Waals surface area contributed by atoms with E-state index >= 15 is 0 Å². The van der Waals surface area contributed by atoms with E-state index in [1.807, 2.05) is 48.0 Å². The molecular formula is C21H18N8OS. The molecule has 0 atom stereocenters. The van der Waals surface area contributed by atoms with Crippen molar-refractivity contribution < 1.29 is 4.74 Å². The number of thiazole rings is 1. The van der Waals surface area contributed by atoms with Crippen molar-refractivity contribution in [2.24, 2.45) is 0 Å². The van der Waals surface area contributed by atoms with Crippen LogP contribution in [0.5, 0.6) is 5.75 Å². The first-order valence-electron chi connectivity index (χ1n) is 9.44. The lowest BCUT2D eigenvalue weighted by atomic mass is 10.2. The highest BCUT2D eigenvalue weighted by molar-refractivity contribution is 7.17. The number of nitrogens with zero attached hydrogens (tertiary/aromatic N) is 6. The highest BCUT2D eigenvalue weighted by Gasteiger charge is 2.13. The van der Waals surface area contributed by atoms with E-state index in [-0.39, 0.29) is 0 Å². The molecule has 1 aromatic carbocycles. The Morgan fingerprint density at radius 1 is 1.00 bits per heavy atom. The summed E-state index contributed by atoms with van der Waals surface area (Å²) in [7, 11) is 1.64. The number of ether oxygens (including phenoxy) is 1. The zero-order valence-electron chi connectivity index (χ0n) is 16.8. The molecule has 2 N–H and O–H groups in total. The summed E-state index contributed by atoms with van der Waals surface area (Å²) in [6.45, 7) is 1.95. The number of hydrogen-bond donors (Lipinski definition) is 2. The third kappa shape index (κ3) is 3.88. The Bertz CT molecular complexity index is 1350. The predicted octanol–water partition coefficient (Wildman–Crippen LogP) is 4.47. The van der Waals surface area contributed by atoms with Gasteiger partial charge in [-0.2, -0.15) is 9.97 Å². The van der Waals surface area contributed by atoms with Crippen LogP contribution in [-0.2, 0) is 0 Å². The van der Waals surface area contributed by atoms with Crippen molar-refractivity contribution >= 4 is 44.8 Å². The molecule has 10 heteroatoms. The summed E-state index contributed by atoms with van der Waals surface area (Å²) in [5, 5.41) is 6.57.